The van der Waals surface area contributed by atoms with E-state index in [1.807, 2.05) is 44.2 Å². The summed E-state index contributed by atoms with van der Waals surface area (Å²) in [6.45, 7) is 7.79. The van der Waals surface area contributed by atoms with Crippen LogP contribution in [0.1, 0.15) is 11.1 Å². The number of hydrogen-bond donors (Lipinski definition) is 1. The van der Waals surface area contributed by atoms with E-state index < -0.39 is 0 Å². The molecule has 144 valence electrons. The van der Waals surface area contributed by atoms with Gasteiger partial charge in [-0.15, -0.1) is 0 Å². The van der Waals surface area contributed by atoms with Crippen LogP contribution in [0.2, 0.25) is 5.02 Å². The molecule has 0 saturated carbocycles. The number of likely N-dealkylation sites (N-methyl/N-ethyl adjacent to an activating group) is 1. The van der Waals surface area contributed by atoms with Crippen LogP contribution in [0, 0.1) is 13.8 Å². The Labute approximate surface area is 165 Å². The maximum atomic E-state index is 12.5. The lowest BCUT2D eigenvalue weighted by atomic mass is 10.1. The second-order valence-electron chi connectivity index (χ2n) is 6.99. The van der Waals surface area contributed by atoms with Crippen molar-refractivity contribution < 1.29 is 9.53 Å². The fraction of sp³-hybridized carbons (Fsp3) is 0.381. The standard InChI is InChI=1S/C21H26ClN3O2/c1-15-5-4-6-20(16(15)2)27-14-21(26)23-18-13-17(22)7-8-19(18)25-11-9-24(3)10-12-25/h4-8,13H,9-12,14H2,1-3H3,(H,23,26). The van der Waals surface area contributed by atoms with E-state index >= 15 is 0 Å². The van der Waals surface area contributed by atoms with Gasteiger partial charge in [0.2, 0.25) is 0 Å². The quantitative estimate of drug-likeness (QED) is 0.849. The van der Waals surface area contributed by atoms with E-state index in [1.54, 1.807) is 6.07 Å². The van der Waals surface area contributed by atoms with Gasteiger partial charge in [0.1, 0.15) is 5.75 Å². The highest BCUT2D eigenvalue weighted by Crippen LogP contribution is 2.30. The SMILES string of the molecule is Cc1cccc(OCC(=O)Nc2cc(Cl)ccc2N2CCN(C)CC2)c1C. The number of aryl methyl sites for hydroxylation is 1. The third-order valence-electron chi connectivity index (χ3n) is 4.99. The van der Waals surface area contributed by atoms with Crippen LogP contribution in [0.4, 0.5) is 11.4 Å². The molecule has 1 heterocycles. The van der Waals surface area contributed by atoms with E-state index in [9.17, 15) is 4.79 Å². The van der Waals surface area contributed by atoms with Gasteiger partial charge < -0.3 is 19.9 Å². The van der Waals surface area contributed by atoms with Gasteiger partial charge in [0, 0.05) is 31.2 Å². The number of anilines is 2. The zero-order chi connectivity index (χ0) is 19.4. The molecule has 2 aromatic rings. The third kappa shape index (κ3) is 4.93. The molecule has 0 radical (unpaired) electrons. The summed E-state index contributed by atoms with van der Waals surface area (Å²) in [5, 5.41) is 3.56. The Morgan fingerprint density at radius 2 is 1.89 bits per heavy atom. The number of benzene rings is 2. The summed E-state index contributed by atoms with van der Waals surface area (Å²) < 4.78 is 5.72. The monoisotopic (exact) mass is 387 g/mol. The summed E-state index contributed by atoms with van der Waals surface area (Å²) in [4.78, 5) is 17.0. The molecule has 6 heteroatoms. The average Bonchev–Trinajstić information content (AvgIpc) is 2.64. The molecule has 27 heavy (non-hydrogen) atoms. The topological polar surface area (TPSA) is 44.8 Å². The first-order chi connectivity index (χ1) is 12.9. The summed E-state index contributed by atoms with van der Waals surface area (Å²) >= 11 is 6.16. The highest BCUT2D eigenvalue weighted by molar-refractivity contribution is 6.31. The number of ether oxygens (including phenoxy) is 1. The van der Waals surface area contributed by atoms with E-state index in [0.717, 1.165) is 54.4 Å². The predicted molar refractivity (Wildman–Crippen MR) is 111 cm³/mol. The van der Waals surface area contributed by atoms with Crippen molar-refractivity contribution in [1.82, 2.24) is 4.90 Å². The van der Waals surface area contributed by atoms with Crippen LogP contribution < -0.4 is 15.0 Å². The van der Waals surface area contributed by atoms with Gasteiger partial charge in [-0.3, -0.25) is 4.79 Å². The summed E-state index contributed by atoms with van der Waals surface area (Å²) in [6, 6.07) is 11.5. The molecule has 1 amide bonds. The Bertz CT molecular complexity index is 817. The van der Waals surface area contributed by atoms with Crippen LogP contribution in [-0.4, -0.2) is 50.6 Å². The van der Waals surface area contributed by atoms with Crippen LogP contribution in [0.15, 0.2) is 36.4 Å². The van der Waals surface area contributed by atoms with E-state index in [0.29, 0.717) is 5.02 Å². The van der Waals surface area contributed by atoms with Gasteiger partial charge in [-0.2, -0.15) is 0 Å². The molecular formula is C21H26ClN3O2. The van der Waals surface area contributed by atoms with Crippen molar-refractivity contribution in [3.05, 3.63) is 52.5 Å². The lowest BCUT2D eigenvalue weighted by Gasteiger charge is -2.35. The maximum Gasteiger partial charge on any atom is 0.262 e. The van der Waals surface area contributed by atoms with Crippen molar-refractivity contribution in [2.45, 2.75) is 13.8 Å². The third-order valence-corrected chi connectivity index (χ3v) is 5.23. The van der Waals surface area contributed by atoms with E-state index in [1.165, 1.54) is 0 Å². The van der Waals surface area contributed by atoms with Crippen molar-refractivity contribution in [3.63, 3.8) is 0 Å². The molecular weight excluding hydrogens is 362 g/mol. The molecule has 0 aromatic heterocycles. The zero-order valence-corrected chi connectivity index (χ0v) is 16.8. The highest BCUT2D eigenvalue weighted by atomic mass is 35.5. The van der Waals surface area contributed by atoms with E-state index in [2.05, 4.69) is 22.2 Å². The first-order valence-electron chi connectivity index (χ1n) is 9.16. The molecule has 1 N–H and O–H groups in total. The number of rotatable bonds is 5. The number of carbonyl (C=O) groups is 1. The Hall–Kier alpha value is -2.24. The first kappa shape index (κ1) is 19.5. The Morgan fingerprint density at radius 1 is 1.15 bits per heavy atom. The molecule has 1 saturated heterocycles. The van der Waals surface area contributed by atoms with Crippen LogP contribution in [0.5, 0.6) is 5.75 Å². The average molecular weight is 388 g/mol. The molecule has 0 atom stereocenters. The van der Waals surface area contributed by atoms with Crippen LogP contribution in [-0.2, 0) is 4.79 Å². The minimum atomic E-state index is -0.200. The molecule has 0 spiro atoms. The summed E-state index contributed by atoms with van der Waals surface area (Å²) in [5.74, 6) is 0.532. The molecule has 0 aliphatic carbocycles. The maximum absolute atomic E-state index is 12.5. The van der Waals surface area contributed by atoms with Crippen molar-refractivity contribution in [3.8, 4) is 5.75 Å². The molecule has 1 aliphatic heterocycles. The van der Waals surface area contributed by atoms with Gasteiger partial charge in [0.25, 0.3) is 5.91 Å². The van der Waals surface area contributed by atoms with Crippen LogP contribution in [0.25, 0.3) is 0 Å². The summed E-state index contributed by atoms with van der Waals surface area (Å²) in [7, 11) is 2.12. The van der Waals surface area contributed by atoms with Gasteiger partial charge in [-0.05, 0) is 56.3 Å². The van der Waals surface area contributed by atoms with Gasteiger partial charge in [0.15, 0.2) is 6.61 Å². The lowest BCUT2D eigenvalue weighted by Crippen LogP contribution is -2.44. The van der Waals surface area contributed by atoms with E-state index in [4.69, 9.17) is 16.3 Å². The molecule has 2 aromatic carbocycles. The smallest absolute Gasteiger partial charge is 0.262 e. The van der Waals surface area contributed by atoms with Crippen molar-refractivity contribution in [2.24, 2.45) is 0 Å². The molecule has 1 fully saturated rings. The van der Waals surface area contributed by atoms with E-state index in [-0.39, 0.29) is 12.5 Å². The number of piperazine rings is 1. The fourth-order valence-electron chi connectivity index (χ4n) is 3.14. The van der Waals surface area contributed by atoms with Crippen molar-refractivity contribution >= 4 is 28.9 Å². The zero-order valence-electron chi connectivity index (χ0n) is 16.1. The second-order valence-corrected chi connectivity index (χ2v) is 7.42. The first-order valence-corrected chi connectivity index (χ1v) is 9.54. The summed E-state index contributed by atoms with van der Waals surface area (Å²) in [6.07, 6.45) is 0. The highest BCUT2D eigenvalue weighted by Gasteiger charge is 2.18. The predicted octanol–water partition coefficient (Wildman–Crippen LogP) is 3.73. The van der Waals surface area contributed by atoms with Gasteiger partial charge in [-0.25, -0.2) is 0 Å². The van der Waals surface area contributed by atoms with Gasteiger partial charge in [-0.1, -0.05) is 23.7 Å². The summed E-state index contributed by atoms with van der Waals surface area (Å²) in [5.41, 5.74) is 3.90. The van der Waals surface area contributed by atoms with Crippen LogP contribution >= 0.6 is 11.6 Å². The van der Waals surface area contributed by atoms with Crippen LogP contribution in [0.3, 0.4) is 0 Å². The Kier molecular flexibility index (Phi) is 6.24. The molecule has 5 nitrogen and oxygen atoms in total. The molecule has 3 rings (SSSR count). The van der Waals surface area contributed by atoms with Crippen molar-refractivity contribution in [2.75, 3.05) is 50.1 Å². The fourth-order valence-corrected chi connectivity index (χ4v) is 3.31. The number of halogens is 1. The minimum Gasteiger partial charge on any atom is -0.483 e. The largest absolute Gasteiger partial charge is 0.483 e. The number of nitrogens with zero attached hydrogens (tertiary/aromatic N) is 2. The number of hydrogen-bond acceptors (Lipinski definition) is 4. The molecule has 1 aliphatic rings. The second kappa shape index (κ2) is 8.63. The van der Waals surface area contributed by atoms with Gasteiger partial charge in [0.05, 0.1) is 11.4 Å². The minimum absolute atomic E-state index is 0.0427. The lowest BCUT2D eigenvalue weighted by molar-refractivity contribution is -0.118. The molecule has 0 unspecified atom stereocenters. The van der Waals surface area contributed by atoms with Gasteiger partial charge >= 0.3 is 0 Å². The molecule has 0 bridgehead atoms. The Morgan fingerprint density at radius 3 is 2.63 bits per heavy atom. The number of carbonyl (C=O) groups excluding carboxylic acids is 1. The normalized spacial score (nSPS) is 14.9. The number of amides is 1. The Balaban J connectivity index is 1.68. The van der Waals surface area contributed by atoms with Crippen molar-refractivity contribution in [1.29, 1.82) is 0 Å². The number of nitrogens with one attached hydrogen (secondary N) is 1.